The molecule has 1 radical (unpaired) electrons. The van der Waals surface area contributed by atoms with Gasteiger partial charge >= 0.3 is 18.8 Å². The number of aryl methyl sites for hydroxylation is 1. The third-order valence-corrected chi connectivity index (χ3v) is 6.68. The van der Waals surface area contributed by atoms with E-state index < -0.39 is 16.6 Å². The molecular formula is C32H21ClCrN7O6. The molecule has 0 aliphatic carbocycles. The summed E-state index contributed by atoms with van der Waals surface area (Å²) >= 11 is 5.82. The van der Waals surface area contributed by atoms with Crippen molar-refractivity contribution in [2.75, 3.05) is 0 Å². The maximum atomic E-state index is 12.4. The maximum Gasteiger partial charge on any atom is 3.00 e. The Bertz CT molecular complexity index is 2130. The summed E-state index contributed by atoms with van der Waals surface area (Å²) in [5, 5.41) is 80.0. The van der Waals surface area contributed by atoms with Gasteiger partial charge in [0.05, 0.1) is 33.4 Å². The van der Waals surface area contributed by atoms with E-state index in [1.54, 1.807) is 43.3 Å². The zero-order valence-electron chi connectivity index (χ0n) is 25.2. The second kappa shape index (κ2) is 15.0. The minimum atomic E-state index is -0.643. The molecule has 0 atom stereocenters. The van der Waals surface area contributed by atoms with E-state index in [1.165, 1.54) is 28.9 Å². The van der Waals surface area contributed by atoms with Crippen LogP contribution in [0.4, 0.5) is 28.4 Å². The predicted octanol–water partition coefficient (Wildman–Crippen LogP) is 6.82. The molecule has 0 amide bonds. The Balaban J connectivity index is 0.000000253. The Kier molecular flexibility index (Phi) is 10.9. The van der Waals surface area contributed by atoms with Gasteiger partial charge in [-0.3, -0.25) is 10.1 Å². The quantitative estimate of drug-likeness (QED) is 0.104. The van der Waals surface area contributed by atoms with E-state index in [1.807, 2.05) is 24.3 Å². The first-order valence-electron chi connectivity index (χ1n) is 13.4. The summed E-state index contributed by atoms with van der Waals surface area (Å²) in [5.74, 6) is -1.57. The molecule has 0 aliphatic rings. The van der Waals surface area contributed by atoms with Crippen molar-refractivity contribution in [3.05, 3.63) is 124 Å². The van der Waals surface area contributed by atoms with Crippen molar-refractivity contribution in [2.45, 2.75) is 6.92 Å². The standard InChI is InChI=1S/C16H11ClN2O2.C16H13N5O4.Cr/c17-11-6-8-14(20)13(9-11)18-19-16-12-4-2-1-3-10(12)5-7-15(16)21;1-10-15(16(23)20(19-10)11-5-3-2-4-6-11)18-17-13-9-12(21(24)25)7-8-14(13)22;/h1-9,20-21H;2-9,22-23H,1H3;/q;;+3/p-3. The van der Waals surface area contributed by atoms with Crippen LogP contribution in [-0.2, 0) is 17.4 Å². The molecule has 0 spiro atoms. The van der Waals surface area contributed by atoms with Crippen LogP contribution in [0.3, 0.4) is 0 Å². The fourth-order valence-electron chi connectivity index (χ4n) is 4.17. The molecular weight excluding hydrogens is 666 g/mol. The molecule has 5 aromatic carbocycles. The normalized spacial score (nSPS) is 10.9. The smallest absolute Gasteiger partial charge is 0.871 e. The van der Waals surface area contributed by atoms with Gasteiger partial charge in [0.1, 0.15) is 5.69 Å². The van der Waals surface area contributed by atoms with Crippen LogP contribution in [0.15, 0.2) is 124 Å². The Morgan fingerprint density at radius 1 is 0.723 bits per heavy atom. The number of rotatable bonds is 6. The zero-order chi connectivity index (χ0) is 32.8. The SMILES string of the molecule is Cc1nn(-c2ccccc2)c([O-])c1N=Nc1cc([N+](=O)[O-])ccc1[O-].[Cr+3].[H+].[O-]c1ccc(Cl)cc1N=Nc1c([O-])ccc2ccccc12. The van der Waals surface area contributed by atoms with Gasteiger partial charge in [-0.05, 0) is 36.6 Å². The Morgan fingerprint density at radius 2 is 1.32 bits per heavy atom. The molecule has 0 saturated heterocycles. The van der Waals surface area contributed by atoms with E-state index >= 15 is 0 Å². The average molecular weight is 687 g/mol. The summed E-state index contributed by atoms with van der Waals surface area (Å²) in [6.45, 7) is 1.58. The minimum Gasteiger partial charge on any atom is -0.871 e. The van der Waals surface area contributed by atoms with Crippen molar-refractivity contribution >= 4 is 50.8 Å². The Hall–Kier alpha value is -5.81. The van der Waals surface area contributed by atoms with Gasteiger partial charge in [-0.2, -0.15) is 20.4 Å². The summed E-state index contributed by atoms with van der Waals surface area (Å²) < 4.78 is 1.18. The van der Waals surface area contributed by atoms with Crippen molar-refractivity contribution in [1.29, 1.82) is 0 Å². The van der Waals surface area contributed by atoms with Gasteiger partial charge in [0.25, 0.3) is 5.69 Å². The fraction of sp³-hybridized carbons (Fsp3) is 0.0312. The molecule has 47 heavy (non-hydrogen) atoms. The molecule has 0 unspecified atom stereocenters. The van der Waals surface area contributed by atoms with E-state index in [-0.39, 0.29) is 58.7 Å². The van der Waals surface area contributed by atoms with E-state index in [9.17, 15) is 30.5 Å². The number of azo groups is 2. The second-order valence-electron chi connectivity index (χ2n) is 9.54. The molecule has 6 aromatic rings. The van der Waals surface area contributed by atoms with Gasteiger partial charge in [-0.15, -0.1) is 5.11 Å². The predicted molar refractivity (Wildman–Crippen MR) is 164 cm³/mol. The van der Waals surface area contributed by atoms with Gasteiger partial charge < -0.3 is 20.4 Å². The summed E-state index contributed by atoms with van der Waals surface area (Å²) in [5.41, 5.74) is 0.678. The molecule has 0 N–H and O–H groups in total. The van der Waals surface area contributed by atoms with Gasteiger partial charge in [-0.1, -0.05) is 95.6 Å². The largest absolute Gasteiger partial charge is 3.00 e. The number of nitro benzene ring substituents is 1. The molecule has 0 bridgehead atoms. The summed E-state index contributed by atoms with van der Waals surface area (Å²) in [6.07, 6.45) is 0. The number of hydrogen-bond donors (Lipinski definition) is 0. The molecule has 6 rings (SSSR count). The number of aromatic nitrogens is 2. The summed E-state index contributed by atoms with van der Waals surface area (Å²) in [7, 11) is 0. The van der Waals surface area contributed by atoms with Gasteiger partial charge in [0.15, 0.2) is 0 Å². The van der Waals surface area contributed by atoms with E-state index in [4.69, 9.17) is 11.6 Å². The zero-order valence-corrected chi connectivity index (χ0v) is 26.2. The van der Waals surface area contributed by atoms with Crippen LogP contribution in [0, 0.1) is 17.0 Å². The number of halogens is 1. The van der Waals surface area contributed by atoms with Crippen molar-refractivity contribution in [2.24, 2.45) is 20.5 Å². The first kappa shape index (κ1) is 34.1. The molecule has 0 saturated carbocycles. The number of hydrogen-bond acceptors (Lipinski definition) is 11. The molecule has 13 nitrogen and oxygen atoms in total. The van der Waals surface area contributed by atoms with Crippen LogP contribution < -0.4 is 20.4 Å². The van der Waals surface area contributed by atoms with Crippen molar-refractivity contribution in [3.63, 3.8) is 0 Å². The molecule has 1 heterocycles. The van der Waals surface area contributed by atoms with E-state index in [0.717, 1.165) is 23.6 Å². The summed E-state index contributed by atoms with van der Waals surface area (Å²) in [4.78, 5) is 10.1. The number of non-ortho nitro benzene ring substituents is 1. The molecule has 0 aliphatic heterocycles. The van der Waals surface area contributed by atoms with Crippen molar-refractivity contribution in [3.8, 4) is 28.8 Å². The molecule has 0 fully saturated rings. The fourth-order valence-corrected chi connectivity index (χ4v) is 4.34. The van der Waals surface area contributed by atoms with Crippen molar-refractivity contribution < 1.29 is 44.1 Å². The second-order valence-corrected chi connectivity index (χ2v) is 9.98. The molecule has 15 heteroatoms. The van der Waals surface area contributed by atoms with E-state index in [0.29, 0.717) is 21.8 Å². The third-order valence-electron chi connectivity index (χ3n) is 6.44. The van der Waals surface area contributed by atoms with Crippen LogP contribution in [0.1, 0.15) is 7.12 Å². The first-order valence-corrected chi connectivity index (χ1v) is 13.8. The van der Waals surface area contributed by atoms with Crippen LogP contribution in [-0.4, -0.2) is 14.7 Å². The summed E-state index contributed by atoms with van der Waals surface area (Å²) in [6, 6.07) is 26.6. The minimum absolute atomic E-state index is 0. The third kappa shape index (κ3) is 7.89. The number of nitrogens with zero attached hydrogens (tertiary/aromatic N) is 7. The van der Waals surface area contributed by atoms with Crippen LogP contribution >= 0.6 is 11.6 Å². The number of para-hydroxylation sites is 1. The van der Waals surface area contributed by atoms with Gasteiger partial charge in [0, 0.05) is 28.4 Å². The molecule has 1 aromatic heterocycles. The molecule has 233 valence electrons. The van der Waals surface area contributed by atoms with Crippen LogP contribution in [0.25, 0.3) is 16.5 Å². The topological polar surface area (TPSA) is 203 Å². The van der Waals surface area contributed by atoms with Crippen LogP contribution in [0.5, 0.6) is 23.1 Å². The Labute approximate surface area is 284 Å². The Morgan fingerprint density at radius 3 is 2.02 bits per heavy atom. The van der Waals surface area contributed by atoms with E-state index in [2.05, 4.69) is 25.6 Å². The average Bonchev–Trinajstić information content (AvgIpc) is 3.34. The number of fused-ring (bicyclic) bond motifs is 1. The monoisotopic (exact) mass is 686 g/mol. The number of benzene rings is 5. The maximum absolute atomic E-state index is 12.4. The van der Waals surface area contributed by atoms with Gasteiger partial charge in [0.2, 0.25) is 0 Å². The van der Waals surface area contributed by atoms with Crippen LogP contribution in [0.2, 0.25) is 5.02 Å². The van der Waals surface area contributed by atoms with Gasteiger partial charge in [-0.25, -0.2) is 4.68 Å². The van der Waals surface area contributed by atoms with Crippen molar-refractivity contribution in [1.82, 2.24) is 9.78 Å². The number of nitro groups is 1. The first-order chi connectivity index (χ1) is 22.1.